The van der Waals surface area contributed by atoms with E-state index in [-0.39, 0.29) is 18.0 Å². The summed E-state index contributed by atoms with van der Waals surface area (Å²) in [6, 6.07) is 20.0. The first-order valence-corrected chi connectivity index (χ1v) is 6.74. The van der Waals surface area contributed by atoms with Crippen LogP contribution in [0.5, 0.6) is 0 Å². The zero-order valence-corrected chi connectivity index (χ0v) is 11.3. The highest BCUT2D eigenvalue weighted by molar-refractivity contribution is 5.93. The smallest absolute Gasteiger partial charge is 0.228 e. The van der Waals surface area contributed by atoms with Crippen molar-refractivity contribution in [1.29, 1.82) is 0 Å². The largest absolute Gasteiger partial charge is 0.323 e. The molecule has 0 atom stereocenters. The number of halogens is 1. The Morgan fingerprint density at radius 3 is 2.43 bits per heavy atom. The van der Waals surface area contributed by atoms with Crippen LogP contribution in [0.1, 0.15) is 5.56 Å². The number of carbonyl (C=O) groups is 1. The van der Waals surface area contributed by atoms with Gasteiger partial charge in [-0.2, -0.15) is 0 Å². The van der Waals surface area contributed by atoms with Crippen molar-refractivity contribution in [2.24, 2.45) is 0 Å². The number of nitrogens with one attached hydrogen (secondary N) is 1. The Morgan fingerprint density at radius 2 is 1.62 bits per heavy atom. The highest BCUT2D eigenvalue weighted by Crippen LogP contribution is 2.17. The van der Waals surface area contributed by atoms with Crippen LogP contribution in [0.25, 0.3) is 10.8 Å². The fourth-order valence-corrected chi connectivity index (χ4v) is 2.29. The second-order valence-electron chi connectivity index (χ2n) is 4.89. The molecule has 104 valence electrons. The van der Waals surface area contributed by atoms with Crippen LogP contribution in [-0.4, -0.2) is 5.91 Å². The Labute approximate surface area is 122 Å². The summed E-state index contributed by atoms with van der Waals surface area (Å²) in [7, 11) is 0. The Kier molecular flexibility index (Phi) is 3.65. The molecule has 1 N–H and O–H groups in total. The number of rotatable bonds is 3. The van der Waals surface area contributed by atoms with Crippen LogP contribution in [0.15, 0.2) is 66.7 Å². The van der Waals surface area contributed by atoms with Gasteiger partial charge in [-0.3, -0.25) is 4.79 Å². The maximum Gasteiger partial charge on any atom is 0.228 e. The Morgan fingerprint density at radius 1 is 0.905 bits per heavy atom. The molecule has 0 aliphatic rings. The van der Waals surface area contributed by atoms with Crippen molar-refractivity contribution in [2.75, 3.05) is 5.32 Å². The second kappa shape index (κ2) is 5.75. The standard InChI is InChI=1S/C18H14FNO/c19-16-7-3-4-8-17(16)20-18(21)12-13-9-10-14-5-1-2-6-15(14)11-13/h1-11H,12H2,(H,20,21). The summed E-state index contributed by atoms with van der Waals surface area (Å²) in [5.41, 5.74) is 1.12. The van der Waals surface area contributed by atoms with Crippen LogP contribution in [0.2, 0.25) is 0 Å². The summed E-state index contributed by atoms with van der Waals surface area (Å²) >= 11 is 0. The molecule has 0 bridgehead atoms. The highest BCUT2D eigenvalue weighted by atomic mass is 19.1. The molecular weight excluding hydrogens is 265 g/mol. The number of anilines is 1. The number of fused-ring (bicyclic) bond motifs is 1. The number of hydrogen-bond donors (Lipinski definition) is 1. The molecule has 0 spiro atoms. The van der Waals surface area contributed by atoms with Gasteiger partial charge in [-0.1, -0.05) is 54.6 Å². The first-order valence-electron chi connectivity index (χ1n) is 6.74. The molecule has 0 fully saturated rings. The summed E-state index contributed by atoms with van der Waals surface area (Å²) in [6.45, 7) is 0. The fraction of sp³-hybridized carbons (Fsp3) is 0.0556. The third kappa shape index (κ3) is 3.08. The number of amides is 1. The third-order valence-corrected chi connectivity index (χ3v) is 3.33. The van der Waals surface area contributed by atoms with Gasteiger partial charge >= 0.3 is 0 Å². The quantitative estimate of drug-likeness (QED) is 0.766. The first-order chi connectivity index (χ1) is 10.2. The van der Waals surface area contributed by atoms with E-state index in [2.05, 4.69) is 5.32 Å². The lowest BCUT2D eigenvalue weighted by molar-refractivity contribution is -0.115. The Hall–Kier alpha value is -2.68. The predicted molar refractivity (Wildman–Crippen MR) is 82.7 cm³/mol. The van der Waals surface area contributed by atoms with Crippen molar-refractivity contribution in [3.63, 3.8) is 0 Å². The molecule has 0 saturated carbocycles. The van der Waals surface area contributed by atoms with Crippen LogP contribution in [0.4, 0.5) is 10.1 Å². The van der Waals surface area contributed by atoms with E-state index >= 15 is 0 Å². The van der Waals surface area contributed by atoms with Gasteiger partial charge in [0.1, 0.15) is 5.82 Å². The van der Waals surface area contributed by atoms with Crippen molar-refractivity contribution in [2.45, 2.75) is 6.42 Å². The van der Waals surface area contributed by atoms with Gasteiger partial charge in [-0.05, 0) is 28.5 Å². The molecule has 3 aromatic carbocycles. The highest BCUT2D eigenvalue weighted by Gasteiger charge is 2.07. The average Bonchev–Trinajstić information content (AvgIpc) is 2.49. The molecule has 2 nitrogen and oxygen atoms in total. The second-order valence-corrected chi connectivity index (χ2v) is 4.89. The van der Waals surface area contributed by atoms with E-state index in [0.29, 0.717) is 0 Å². The van der Waals surface area contributed by atoms with E-state index in [1.807, 2.05) is 42.5 Å². The van der Waals surface area contributed by atoms with Crippen LogP contribution in [-0.2, 0) is 11.2 Å². The lowest BCUT2D eigenvalue weighted by Crippen LogP contribution is -2.15. The molecular formula is C18H14FNO. The summed E-state index contributed by atoms with van der Waals surface area (Å²) < 4.78 is 13.5. The first kappa shape index (κ1) is 13.3. The van der Waals surface area contributed by atoms with E-state index < -0.39 is 5.82 Å². The van der Waals surface area contributed by atoms with Crippen molar-refractivity contribution >= 4 is 22.4 Å². The van der Waals surface area contributed by atoms with Gasteiger partial charge in [0.05, 0.1) is 12.1 Å². The van der Waals surface area contributed by atoms with E-state index in [1.165, 1.54) is 6.07 Å². The Bertz CT molecular complexity index is 798. The van der Waals surface area contributed by atoms with E-state index in [0.717, 1.165) is 16.3 Å². The molecule has 0 aliphatic heterocycles. The maximum atomic E-state index is 13.5. The van der Waals surface area contributed by atoms with Crippen molar-refractivity contribution < 1.29 is 9.18 Å². The molecule has 0 unspecified atom stereocenters. The SMILES string of the molecule is O=C(Cc1ccc2ccccc2c1)Nc1ccccc1F. The van der Waals surface area contributed by atoms with Gasteiger partial charge in [0, 0.05) is 0 Å². The molecule has 0 aliphatic carbocycles. The van der Waals surface area contributed by atoms with Crippen LogP contribution >= 0.6 is 0 Å². The fourth-order valence-electron chi connectivity index (χ4n) is 2.29. The normalized spacial score (nSPS) is 10.5. The van der Waals surface area contributed by atoms with Gasteiger partial charge in [-0.15, -0.1) is 0 Å². The summed E-state index contributed by atoms with van der Waals surface area (Å²) in [4.78, 5) is 12.0. The summed E-state index contributed by atoms with van der Waals surface area (Å²) in [5, 5.41) is 4.82. The summed E-state index contributed by atoms with van der Waals surface area (Å²) in [5.74, 6) is -0.653. The monoisotopic (exact) mass is 279 g/mol. The Balaban J connectivity index is 1.75. The minimum Gasteiger partial charge on any atom is -0.323 e. The minimum absolute atomic E-state index is 0.211. The zero-order chi connectivity index (χ0) is 14.7. The molecule has 3 rings (SSSR count). The van der Waals surface area contributed by atoms with Gasteiger partial charge in [0.15, 0.2) is 0 Å². The average molecular weight is 279 g/mol. The van der Waals surface area contributed by atoms with Crippen LogP contribution in [0.3, 0.4) is 0 Å². The number of carbonyl (C=O) groups excluding carboxylic acids is 1. The summed E-state index contributed by atoms with van der Waals surface area (Å²) in [6.07, 6.45) is 0.221. The predicted octanol–water partition coefficient (Wildman–Crippen LogP) is 4.16. The van der Waals surface area contributed by atoms with Gasteiger partial charge in [0.25, 0.3) is 0 Å². The molecule has 1 amide bonds. The van der Waals surface area contributed by atoms with Crippen molar-refractivity contribution in [3.05, 3.63) is 78.1 Å². The van der Waals surface area contributed by atoms with Crippen molar-refractivity contribution in [3.8, 4) is 0 Å². The van der Waals surface area contributed by atoms with E-state index in [4.69, 9.17) is 0 Å². The van der Waals surface area contributed by atoms with Gasteiger partial charge in [-0.25, -0.2) is 4.39 Å². The van der Waals surface area contributed by atoms with Gasteiger partial charge < -0.3 is 5.32 Å². The molecule has 0 saturated heterocycles. The molecule has 0 heterocycles. The van der Waals surface area contributed by atoms with Crippen molar-refractivity contribution in [1.82, 2.24) is 0 Å². The zero-order valence-electron chi connectivity index (χ0n) is 11.3. The number of hydrogen-bond acceptors (Lipinski definition) is 1. The van der Waals surface area contributed by atoms with Crippen LogP contribution in [0, 0.1) is 5.82 Å². The maximum absolute atomic E-state index is 13.5. The lowest BCUT2D eigenvalue weighted by Gasteiger charge is -2.07. The number of benzene rings is 3. The van der Waals surface area contributed by atoms with E-state index in [1.54, 1.807) is 18.2 Å². The molecule has 3 heteroatoms. The van der Waals surface area contributed by atoms with E-state index in [9.17, 15) is 9.18 Å². The van der Waals surface area contributed by atoms with Crippen LogP contribution < -0.4 is 5.32 Å². The number of para-hydroxylation sites is 1. The molecule has 21 heavy (non-hydrogen) atoms. The molecule has 3 aromatic rings. The third-order valence-electron chi connectivity index (χ3n) is 3.33. The molecule has 0 radical (unpaired) electrons. The lowest BCUT2D eigenvalue weighted by atomic mass is 10.0. The molecule has 0 aromatic heterocycles. The minimum atomic E-state index is -0.427. The van der Waals surface area contributed by atoms with Gasteiger partial charge in [0.2, 0.25) is 5.91 Å². The topological polar surface area (TPSA) is 29.1 Å².